The van der Waals surface area contributed by atoms with Gasteiger partial charge in [0.05, 0.1) is 25.4 Å². The molecule has 2 atom stereocenters. The lowest BCUT2D eigenvalue weighted by Gasteiger charge is -2.22. The molecular formula is C83H159NO5. The average molecular weight is 1250 g/mol. The van der Waals surface area contributed by atoms with Crippen LogP contribution >= 0.6 is 0 Å². The Labute approximate surface area is 557 Å². The van der Waals surface area contributed by atoms with Crippen LogP contribution in [0.25, 0.3) is 0 Å². The standard InChI is InChI=1S/C83H159NO5/c1-3-5-7-9-11-13-15-17-19-21-40-43-47-51-55-59-63-67-71-75-81(86)80(79-85)84-82(87)76-72-68-64-60-56-52-48-44-41-38-36-34-32-30-28-26-24-23-25-27-29-31-33-35-37-39-42-46-50-54-58-62-66-70-74-78-89-83(88)77-73-69-65-61-57-53-49-45-22-20-18-16-14-12-10-8-6-4-2/h14,16,20,22,25,27,80-81,85-86H,3-13,15,17-19,21,23-24,26,28-79H2,1-2H3,(H,84,87)/b16-14-,22-20-,27-25-. The van der Waals surface area contributed by atoms with E-state index < -0.39 is 12.1 Å². The number of hydrogen-bond acceptors (Lipinski definition) is 5. The quantitative estimate of drug-likeness (QED) is 0.0320. The molecule has 0 saturated carbocycles. The van der Waals surface area contributed by atoms with Gasteiger partial charge in [-0.1, -0.05) is 397 Å². The van der Waals surface area contributed by atoms with Gasteiger partial charge in [0.1, 0.15) is 0 Å². The molecule has 526 valence electrons. The fourth-order valence-electron chi connectivity index (χ4n) is 13.0. The lowest BCUT2D eigenvalue weighted by Crippen LogP contribution is -2.45. The highest BCUT2D eigenvalue weighted by atomic mass is 16.5. The molecule has 0 bridgehead atoms. The second-order valence-electron chi connectivity index (χ2n) is 28.1. The molecule has 0 aromatic carbocycles. The molecular weight excluding hydrogens is 1090 g/mol. The Hall–Kier alpha value is -1.92. The first-order valence-corrected chi connectivity index (χ1v) is 40.7. The second-order valence-corrected chi connectivity index (χ2v) is 28.1. The van der Waals surface area contributed by atoms with E-state index in [1.54, 1.807) is 0 Å². The van der Waals surface area contributed by atoms with E-state index in [-0.39, 0.29) is 18.5 Å². The molecule has 6 nitrogen and oxygen atoms in total. The number of amides is 1. The Morgan fingerprint density at radius 1 is 0.315 bits per heavy atom. The summed E-state index contributed by atoms with van der Waals surface area (Å²) >= 11 is 0. The number of nitrogens with one attached hydrogen (secondary N) is 1. The van der Waals surface area contributed by atoms with Gasteiger partial charge < -0.3 is 20.3 Å². The van der Waals surface area contributed by atoms with E-state index in [2.05, 4.69) is 55.6 Å². The van der Waals surface area contributed by atoms with Gasteiger partial charge in [0, 0.05) is 12.8 Å². The van der Waals surface area contributed by atoms with Crippen molar-refractivity contribution >= 4 is 11.9 Å². The highest BCUT2D eigenvalue weighted by Gasteiger charge is 2.20. The number of aliphatic hydroxyl groups is 2. The topological polar surface area (TPSA) is 95.9 Å². The molecule has 89 heavy (non-hydrogen) atoms. The Morgan fingerprint density at radius 2 is 0.562 bits per heavy atom. The summed E-state index contributed by atoms with van der Waals surface area (Å²) < 4.78 is 5.51. The summed E-state index contributed by atoms with van der Waals surface area (Å²) in [7, 11) is 0. The predicted octanol–water partition coefficient (Wildman–Crippen LogP) is 27.0. The summed E-state index contributed by atoms with van der Waals surface area (Å²) in [5.41, 5.74) is 0. The van der Waals surface area contributed by atoms with Crippen LogP contribution in [-0.2, 0) is 14.3 Å². The van der Waals surface area contributed by atoms with E-state index in [4.69, 9.17) is 4.74 Å². The van der Waals surface area contributed by atoms with Crippen LogP contribution in [0.2, 0.25) is 0 Å². The molecule has 0 fully saturated rings. The van der Waals surface area contributed by atoms with Gasteiger partial charge in [0.25, 0.3) is 0 Å². The number of carbonyl (C=O) groups excluding carboxylic acids is 2. The Balaban J connectivity index is 3.34. The fourth-order valence-corrected chi connectivity index (χ4v) is 13.0. The summed E-state index contributed by atoms with van der Waals surface area (Å²) in [4.78, 5) is 24.7. The van der Waals surface area contributed by atoms with Gasteiger partial charge in [-0.15, -0.1) is 0 Å². The normalized spacial score (nSPS) is 12.6. The maximum Gasteiger partial charge on any atom is 0.305 e. The van der Waals surface area contributed by atoms with Crippen molar-refractivity contribution in [2.75, 3.05) is 13.2 Å². The van der Waals surface area contributed by atoms with Crippen LogP contribution in [0.15, 0.2) is 36.5 Å². The molecule has 0 heterocycles. The monoisotopic (exact) mass is 1250 g/mol. The highest BCUT2D eigenvalue weighted by Crippen LogP contribution is 2.20. The molecule has 0 radical (unpaired) electrons. The van der Waals surface area contributed by atoms with Crippen LogP contribution in [0.3, 0.4) is 0 Å². The van der Waals surface area contributed by atoms with Crippen molar-refractivity contribution in [1.82, 2.24) is 5.32 Å². The largest absolute Gasteiger partial charge is 0.466 e. The maximum absolute atomic E-state index is 12.6. The van der Waals surface area contributed by atoms with E-state index in [9.17, 15) is 19.8 Å². The van der Waals surface area contributed by atoms with Gasteiger partial charge in [-0.3, -0.25) is 9.59 Å². The van der Waals surface area contributed by atoms with Crippen molar-refractivity contribution in [2.45, 2.75) is 469 Å². The highest BCUT2D eigenvalue weighted by molar-refractivity contribution is 5.76. The van der Waals surface area contributed by atoms with Gasteiger partial charge in [0.15, 0.2) is 0 Å². The van der Waals surface area contributed by atoms with Gasteiger partial charge in [0.2, 0.25) is 5.91 Å². The van der Waals surface area contributed by atoms with Crippen LogP contribution in [0.5, 0.6) is 0 Å². The molecule has 0 spiro atoms. The van der Waals surface area contributed by atoms with E-state index in [0.717, 1.165) is 51.4 Å². The lowest BCUT2D eigenvalue weighted by atomic mass is 10.0. The minimum atomic E-state index is -0.663. The number of unbranched alkanes of at least 4 members (excludes halogenated alkanes) is 60. The van der Waals surface area contributed by atoms with Crippen LogP contribution in [-0.4, -0.2) is 47.4 Å². The van der Waals surface area contributed by atoms with Gasteiger partial charge in [-0.05, 0) is 83.5 Å². The summed E-state index contributed by atoms with van der Waals surface area (Å²) in [6.45, 7) is 4.98. The van der Waals surface area contributed by atoms with Crippen LogP contribution < -0.4 is 5.32 Å². The van der Waals surface area contributed by atoms with Gasteiger partial charge in [-0.25, -0.2) is 0 Å². The average Bonchev–Trinajstić information content (AvgIpc) is 3.58. The molecule has 6 heteroatoms. The number of rotatable bonds is 77. The number of hydrogen-bond donors (Lipinski definition) is 3. The molecule has 0 aliphatic heterocycles. The van der Waals surface area contributed by atoms with E-state index >= 15 is 0 Å². The number of carbonyl (C=O) groups is 2. The predicted molar refractivity (Wildman–Crippen MR) is 393 cm³/mol. The summed E-state index contributed by atoms with van der Waals surface area (Å²) in [6, 6.07) is -0.540. The molecule has 0 rings (SSSR count). The SMILES string of the molecule is CCCCCC/C=C\C/C=C\CCCCCCCCCC(=O)OCCCCCCCCCCCCCCCC/C=C\CCCCCCCCCCCCCCCCCCCC(=O)NC(CO)C(O)CCCCCCCCCCCCCCCCCCCCC. The number of esters is 1. The van der Waals surface area contributed by atoms with Crippen molar-refractivity contribution in [3.63, 3.8) is 0 Å². The van der Waals surface area contributed by atoms with Crippen LogP contribution in [0.4, 0.5) is 0 Å². The molecule has 3 N–H and O–H groups in total. The maximum atomic E-state index is 12.6. The lowest BCUT2D eigenvalue weighted by molar-refractivity contribution is -0.143. The molecule has 1 amide bonds. The number of allylic oxidation sites excluding steroid dienone is 6. The van der Waals surface area contributed by atoms with E-state index in [0.29, 0.717) is 25.9 Å². The van der Waals surface area contributed by atoms with E-state index in [1.807, 2.05) is 0 Å². The first-order chi connectivity index (χ1) is 44.0. The van der Waals surface area contributed by atoms with Gasteiger partial charge >= 0.3 is 5.97 Å². The zero-order valence-corrected chi connectivity index (χ0v) is 60.4. The van der Waals surface area contributed by atoms with Crippen molar-refractivity contribution < 1.29 is 24.5 Å². The van der Waals surface area contributed by atoms with E-state index in [1.165, 1.54) is 372 Å². The summed E-state index contributed by atoms with van der Waals surface area (Å²) in [5, 5.41) is 23.4. The molecule has 0 saturated heterocycles. The van der Waals surface area contributed by atoms with Crippen molar-refractivity contribution in [3.05, 3.63) is 36.5 Å². The minimum absolute atomic E-state index is 0.0136. The third-order valence-corrected chi connectivity index (χ3v) is 19.2. The zero-order chi connectivity index (χ0) is 64.2. The molecule has 0 aliphatic carbocycles. The first kappa shape index (κ1) is 87.1. The Morgan fingerprint density at radius 3 is 0.876 bits per heavy atom. The zero-order valence-electron chi connectivity index (χ0n) is 60.4. The van der Waals surface area contributed by atoms with Crippen LogP contribution in [0, 0.1) is 0 Å². The summed E-state index contributed by atoms with van der Waals surface area (Å²) in [6.07, 6.45) is 102. The Bertz CT molecular complexity index is 1440. The number of aliphatic hydroxyl groups excluding tert-OH is 2. The first-order valence-electron chi connectivity index (χ1n) is 40.7. The van der Waals surface area contributed by atoms with Crippen molar-refractivity contribution in [3.8, 4) is 0 Å². The third kappa shape index (κ3) is 75.0. The third-order valence-electron chi connectivity index (χ3n) is 19.2. The summed E-state index contributed by atoms with van der Waals surface area (Å²) in [5.74, 6) is -0.0131. The van der Waals surface area contributed by atoms with Crippen LogP contribution in [0.1, 0.15) is 457 Å². The molecule has 0 aliphatic rings. The molecule has 0 aromatic rings. The van der Waals surface area contributed by atoms with Crippen molar-refractivity contribution in [2.24, 2.45) is 0 Å². The van der Waals surface area contributed by atoms with Crippen molar-refractivity contribution in [1.29, 1.82) is 0 Å². The molecule has 2 unspecified atom stereocenters. The van der Waals surface area contributed by atoms with Gasteiger partial charge in [-0.2, -0.15) is 0 Å². The second kappa shape index (κ2) is 78.5. The number of ether oxygens (including phenoxy) is 1. The molecule has 0 aromatic heterocycles. The fraction of sp³-hybridized carbons (Fsp3) is 0.904. The smallest absolute Gasteiger partial charge is 0.305 e. The Kier molecular flexibility index (Phi) is 76.8. The minimum Gasteiger partial charge on any atom is -0.466 e.